The summed E-state index contributed by atoms with van der Waals surface area (Å²) < 4.78 is 0. The number of aliphatic hydroxyl groups is 1. The van der Waals surface area contributed by atoms with Crippen molar-refractivity contribution < 1.29 is 5.11 Å². The van der Waals surface area contributed by atoms with Crippen molar-refractivity contribution >= 4 is 0 Å². The van der Waals surface area contributed by atoms with Crippen LogP contribution in [0.5, 0.6) is 0 Å². The Morgan fingerprint density at radius 1 is 1.36 bits per heavy atom. The van der Waals surface area contributed by atoms with Gasteiger partial charge in [0.15, 0.2) is 0 Å². The van der Waals surface area contributed by atoms with Crippen molar-refractivity contribution in [1.29, 1.82) is 5.26 Å². The van der Waals surface area contributed by atoms with Crippen molar-refractivity contribution in [1.82, 2.24) is 5.32 Å². The quantitative estimate of drug-likeness (QED) is 0.632. The number of hydrogen-bond acceptors (Lipinski definition) is 3. The van der Waals surface area contributed by atoms with Crippen molar-refractivity contribution in [3.8, 4) is 6.07 Å². The Kier molecular flexibility index (Phi) is 5.58. The highest BCUT2D eigenvalue weighted by molar-refractivity contribution is 4.76. The van der Waals surface area contributed by atoms with Gasteiger partial charge in [-0.15, -0.1) is 0 Å². The minimum absolute atomic E-state index is 0.0552. The lowest BCUT2D eigenvalue weighted by Crippen LogP contribution is -2.22. The Morgan fingerprint density at radius 3 is 2.86 bits per heavy atom. The fraction of sp³-hybridized carbons (Fsp3) is 0.909. The molecule has 14 heavy (non-hydrogen) atoms. The van der Waals surface area contributed by atoms with Crippen LogP contribution in [0.3, 0.4) is 0 Å². The number of unbranched alkanes of at least 4 members (excludes halogenated alkanes) is 2. The van der Waals surface area contributed by atoms with Crippen LogP contribution in [0.15, 0.2) is 0 Å². The van der Waals surface area contributed by atoms with Gasteiger partial charge in [0.2, 0.25) is 0 Å². The summed E-state index contributed by atoms with van der Waals surface area (Å²) in [4.78, 5) is 0. The molecule has 2 unspecified atom stereocenters. The third-order valence-corrected chi connectivity index (χ3v) is 2.84. The normalized spacial score (nSPS) is 26.3. The summed E-state index contributed by atoms with van der Waals surface area (Å²) in [6.45, 7) is 2.04. The molecule has 2 atom stereocenters. The molecule has 0 radical (unpaired) electrons. The van der Waals surface area contributed by atoms with Crippen molar-refractivity contribution in [2.24, 2.45) is 5.92 Å². The number of hydrogen-bond donors (Lipinski definition) is 2. The lowest BCUT2D eigenvalue weighted by atomic mass is 10.1. The topological polar surface area (TPSA) is 56.0 Å². The molecule has 0 saturated heterocycles. The zero-order chi connectivity index (χ0) is 10.2. The molecule has 3 heteroatoms. The summed E-state index contributed by atoms with van der Waals surface area (Å²) in [5.74, 6) is 0.668. The van der Waals surface area contributed by atoms with Crippen LogP contribution in [-0.2, 0) is 0 Å². The van der Waals surface area contributed by atoms with E-state index < -0.39 is 0 Å². The third kappa shape index (κ3) is 4.59. The zero-order valence-electron chi connectivity index (χ0n) is 8.71. The molecule has 1 aliphatic carbocycles. The number of nitriles is 1. The highest BCUT2D eigenvalue weighted by atomic mass is 16.3. The van der Waals surface area contributed by atoms with Crippen LogP contribution in [0.25, 0.3) is 0 Å². The zero-order valence-corrected chi connectivity index (χ0v) is 8.71. The molecule has 2 N–H and O–H groups in total. The van der Waals surface area contributed by atoms with Crippen LogP contribution < -0.4 is 5.32 Å². The maximum atomic E-state index is 9.31. The smallest absolute Gasteiger partial charge is 0.0621 e. The van der Waals surface area contributed by atoms with Gasteiger partial charge in [0.25, 0.3) is 0 Å². The molecule has 0 bridgehead atoms. The Labute approximate surface area is 86.1 Å². The Morgan fingerprint density at radius 2 is 2.21 bits per heavy atom. The van der Waals surface area contributed by atoms with Gasteiger partial charge in [0, 0.05) is 6.42 Å². The van der Waals surface area contributed by atoms with Gasteiger partial charge in [-0.1, -0.05) is 0 Å². The molecule has 0 heterocycles. The monoisotopic (exact) mass is 196 g/mol. The fourth-order valence-corrected chi connectivity index (χ4v) is 1.99. The van der Waals surface area contributed by atoms with Gasteiger partial charge in [-0.3, -0.25) is 0 Å². The second-order valence-corrected chi connectivity index (χ2v) is 4.15. The molecule has 0 amide bonds. The minimum atomic E-state index is -0.0552. The number of nitrogens with one attached hydrogen (secondary N) is 1. The van der Waals surface area contributed by atoms with E-state index in [9.17, 15) is 5.11 Å². The van der Waals surface area contributed by atoms with Crippen molar-refractivity contribution in [3.63, 3.8) is 0 Å². The van der Waals surface area contributed by atoms with Crippen molar-refractivity contribution in [2.75, 3.05) is 13.1 Å². The first-order valence-corrected chi connectivity index (χ1v) is 5.58. The van der Waals surface area contributed by atoms with E-state index in [2.05, 4.69) is 11.4 Å². The van der Waals surface area contributed by atoms with Crippen molar-refractivity contribution in [3.05, 3.63) is 0 Å². The molecule has 0 aromatic heterocycles. The Bertz CT molecular complexity index is 188. The molecule has 1 fully saturated rings. The molecular formula is C11H20N2O. The predicted molar refractivity (Wildman–Crippen MR) is 55.7 cm³/mol. The van der Waals surface area contributed by atoms with Crippen molar-refractivity contribution in [2.45, 2.75) is 44.6 Å². The molecule has 1 rings (SSSR count). The van der Waals surface area contributed by atoms with E-state index in [1.807, 2.05) is 0 Å². The van der Waals surface area contributed by atoms with Crippen LogP contribution in [-0.4, -0.2) is 24.3 Å². The fourth-order valence-electron chi connectivity index (χ4n) is 1.99. The highest BCUT2D eigenvalue weighted by Gasteiger charge is 2.21. The van der Waals surface area contributed by atoms with Gasteiger partial charge < -0.3 is 10.4 Å². The molecule has 80 valence electrons. The molecule has 1 saturated carbocycles. The van der Waals surface area contributed by atoms with Crippen LogP contribution in [0.2, 0.25) is 0 Å². The summed E-state index contributed by atoms with van der Waals surface area (Å²) in [5.41, 5.74) is 0. The summed E-state index contributed by atoms with van der Waals surface area (Å²) in [6, 6.07) is 2.14. The SMILES string of the molecule is N#CCCCCNCC1CCC(O)C1. The number of aliphatic hydroxyl groups excluding tert-OH is 1. The first kappa shape index (κ1) is 11.5. The van der Waals surface area contributed by atoms with Gasteiger partial charge in [-0.2, -0.15) is 5.26 Å². The van der Waals surface area contributed by atoms with E-state index in [1.165, 1.54) is 0 Å². The number of rotatable bonds is 6. The van der Waals surface area contributed by atoms with E-state index in [4.69, 9.17) is 5.26 Å². The summed E-state index contributed by atoms with van der Waals surface area (Å²) >= 11 is 0. The molecule has 0 aliphatic heterocycles. The molecule has 0 aromatic rings. The lowest BCUT2D eigenvalue weighted by molar-refractivity contribution is 0.177. The van der Waals surface area contributed by atoms with Crippen LogP contribution in [0.4, 0.5) is 0 Å². The second-order valence-electron chi connectivity index (χ2n) is 4.15. The third-order valence-electron chi connectivity index (χ3n) is 2.84. The molecule has 3 nitrogen and oxygen atoms in total. The maximum absolute atomic E-state index is 9.31. The Balaban J connectivity index is 1.87. The maximum Gasteiger partial charge on any atom is 0.0621 e. The lowest BCUT2D eigenvalue weighted by Gasteiger charge is -2.09. The summed E-state index contributed by atoms with van der Waals surface area (Å²) in [5, 5.41) is 21.0. The van der Waals surface area contributed by atoms with Gasteiger partial charge in [0.1, 0.15) is 0 Å². The minimum Gasteiger partial charge on any atom is -0.393 e. The molecular weight excluding hydrogens is 176 g/mol. The average molecular weight is 196 g/mol. The van der Waals surface area contributed by atoms with E-state index in [1.54, 1.807) is 0 Å². The van der Waals surface area contributed by atoms with Crippen LogP contribution in [0.1, 0.15) is 38.5 Å². The van der Waals surface area contributed by atoms with Gasteiger partial charge in [-0.05, 0) is 51.1 Å². The number of nitrogens with zero attached hydrogens (tertiary/aromatic N) is 1. The summed E-state index contributed by atoms with van der Waals surface area (Å²) in [6.07, 6.45) is 5.79. The largest absolute Gasteiger partial charge is 0.393 e. The standard InChI is InChI=1S/C11H20N2O/c12-6-2-1-3-7-13-9-10-4-5-11(14)8-10/h10-11,13-14H,1-5,7-9H2. The average Bonchev–Trinajstić information content (AvgIpc) is 2.58. The Hall–Kier alpha value is -0.590. The summed E-state index contributed by atoms with van der Waals surface area (Å²) in [7, 11) is 0. The second kappa shape index (κ2) is 6.80. The van der Waals surface area contributed by atoms with Gasteiger partial charge >= 0.3 is 0 Å². The highest BCUT2D eigenvalue weighted by Crippen LogP contribution is 2.24. The molecule has 1 aliphatic rings. The van der Waals surface area contributed by atoms with Crippen LogP contribution in [0, 0.1) is 17.2 Å². The van der Waals surface area contributed by atoms with E-state index in [0.717, 1.165) is 45.2 Å². The molecule has 0 spiro atoms. The predicted octanol–water partition coefficient (Wildman–Crippen LogP) is 1.43. The van der Waals surface area contributed by atoms with Gasteiger partial charge in [-0.25, -0.2) is 0 Å². The first-order valence-electron chi connectivity index (χ1n) is 5.58. The van der Waals surface area contributed by atoms with E-state index in [-0.39, 0.29) is 6.10 Å². The van der Waals surface area contributed by atoms with Crippen LogP contribution >= 0.6 is 0 Å². The van der Waals surface area contributed by atoms with E-state index >= 15 is 0 Å². The van der Waals surface area contributed by atoms with Gasteiger partial charge in [0.05, 0.1) is 12.2 Å². The first-order chi connectivity index (χ1) is 6.83. The van der Waals surface area contributed by atoms with E-state index in [0.29, 0.717) is 12.3 Å². The molecule has 0 aromatic carbocycles.